The molecule has 0 amide bonds. The molecule has 0 radical (unpaired) electrons. The van der Waals surface area contributed by atoms with Crippen LogP contribution in [0.25, 0.3) is 0 Å². The molecule has 1 aromatic heterocycles. The Morgan fingerprint density at radius 3 is 2.92 bits per heavy atom. The van der Waals surface area contributed by atoms with E-state index in [0.717, 1.165) is 30.2 Å². The first kappa shape index (κ1) is 16.7. The van der Waals surface area contributed by atoms with Crippen LogP contribution in [0.2, 0.25) is 0 Å². The summed E-state index contributed by atoms with van der Waals surface area (Å²) < 4.78 is 30.9. The SMILES string of the molecule is Cc1ccc(OC(F)F)c(C(=O)CSc2n[nH]c(=O)n2C2CC2)c1. The number of carbonyl (C=O) groups is 1. The number of hydrogen-bond acceptors (Lipinski definition) is 5. The second-order valence-electron chi connectivity index (χ2n) is 5.50. The van der Waals surface area contributed by atoms with Gasteiger partial charge in [-0.3, -0.25) is 9.36 Å². The van der Waals surface area contributed by atoms with Crippen LogP contribution in [0.1, 0.15) is 34.8 Å². The van der Waals surface area contributed by atoms with E-state index < -0.39 is 6.61 Å². The minimum absolute atomic E-state index is 0.0277. The molecule has 0 unspecified atom stereocenters. The number of hydrogen-bond donors (Lipinski definition) is 1. The summed E-state index contributed by atoms with van der Waals surface area (Å²) >= 11 is 1.10. The Labute approximate surface area is 140 Å². The first-order valence-electron chi connectivity index (χ1n) is 7.34. The Morgan fingerprint density at radius 2 is 2.25 bits per heavy atom. The third-order valence-electron chi connectivity index (χ3n) is 3.57. The molecule has 128 valence electrons. The maximum Gasteiger partial charge on any atom is 0.387 e. The zero-order valence-electron chi connectivity index (χ0n) is 12.8. The molecule has 0 atom stereocenters. The van der Waals surface area contributed by atoms with Crippen molar-refractivity contribution in [2.24, 2.45) is 0 Å². The summed E-state index contributed by atoms with van der Waals surface area (Å²) in [5.74, 6) is -0.542. The lowest BCUT2D eigenvalue weighted by Gasteiger charge is -2.10. The van der Waals surface area contributed by atoms with Gasteiger partial charge in [0.05, 0.1) is 11.3 Å². The molecule has 6 nitrogen and oxygen atoms in total. The van der Waals surface area contributed by atoms with E-state index in [1.807, 2.05) is 0 Å². The van der Waals surface area contributed by atoms with Crippen molar-refractivity contribution in [3.63, 3.8) is 0 Å². The molecule has 1 fully saturated rings. The molecule has 1 heterocycles. The quantitative estimate of drug-likeness (QED) is 0.610. The predicted octanol–water partition coefficient (Wildman–Crippen LogP) is 2.79. The number of ether oxygens (including phenoxy) is 1. The van der Waals surface area contributed by atoms with E-state index in [1.54, 1.807) is 13.0 Å². The number of aryl methyl sites for hydroxylation is 1. The predicted molar refractivity (Wildman–Crippen MR) is 84.0 cm³/mol. The molecule has 24 heavy (non-hydrogen) atoms. The maximum absolute atomic E-state index is 12.5. The summed E-state index contributed by atoms with van der Waals surface area (Å²) in [4.78, 5) is 24.1. The highest BCUT2D eigenvalue weighted by molar-refractivity contribution is 7.99. The highest BCUT2D eigenvalue weighted by Gasteiger charge is 2.29. The molecule has 9 heteroatoms. The van der Waals surface area contributed by atoms with E-state index in [9.17, 15) is 18.4 Å². The molecule has 0 spiro atoms. The Balaban J connectivity index is 1.76. The number of Topliss-reactive ketones (excluding diaryl/α,β-unsaturated/α-hetero) is 1. The van der Waals surface area contributed by atoms with Crippen molar-refractivity contribution in [1.29, 1.82) is 0 Å². The third kappa shape index (κ3) is 3.66. The Kier molecular flexibility index (Phi) is 4.70. The number of nitrogens with zero attached hydrogens (tertiary/aromatic N) is 2. The van der Waals surface area contributed by atoms with Crippen molar-refractivity contribution in [3.8, 4) is 5.75 Å². The lowest BCUT2D eigenvalue weighted by molar-refractivity contribution is -0.0501. The smallest absolute Gasteiger partial charge is 0.387 e. The summed E-state index contributed by atoms with van der Waals surface area (Å²) in [7, 11) is 0. The van der Waals surface area contributed by atoms with Crippen LogP contribution in [0.5, 0.6) is 5.75 Å². The van der Waals surface area contributed by atoms with E-state index in [0.29, 0.717) is 5.16 Å². The summed E-state index contributed by atoms with van der Waals surface area (Å²) in [5.41, 5.74) is 0.558. The number of carbonyl (C=O) groups excluding carboxylic acids is 1. The second-order valence-corrected chi connectivity index (χ2v) is 6.44. The van der Waals surface area contributed by atoms with Gasteiger partial charge in [-0.1, -0.05) is 23.4 Å². The van der Waals surface area contributed by atoms with Gasteiger partial charge in [-0.2, -0.15) is 8.78 Å². The number of aromatic nitrogens is 3. The zero-order valence-corrected chi connectivity index (χ0v) is 13.6. The topological polar surface area (TPSA) is 77.0 Å². The van der Waals surface area contributed by atoms with Crippen LogP contribution in [0.15, 0.2) is 28.2 Å². The van der Waals surface area contributed by atoms with Gasteiger partial charge in [0, 0.05) is 6.04 Å². The van der Waals surface area contributed by atoms with Crippen LogP contribution in [-0.2, 0) is 0 Å². The van der Waals surface area contributed by atoms with Gasteiger partial charge in [0.15, 0.2) is 10.9 Å². The van der Waals surface area contributed by atoms with E-state index >= 15 is 0 Å². The van der Waals surface area contributed by atoms with Gasteiger partial charge >= 0.3 is 12.3 Å². The van der Waals surface area contributed by atoms with Crippen molar-refractivity contribution in [3.05, 3.63) is 39.8 Å². The van der Waals surface area contributed by atoms with Gasteiger partial charge in [-0.25, -0.2) is 9.89 Å². The van der Waals surface area contributed by atoms with Crippen LogP contribution < -0.4 is 10.4 Å². The third-order valence-corrected chi connectivity index (χ3v) is 4.52. The molecule has 1 aliphatic carbocycles. The summed E-state index contributed by atoms with van der Waals surface area (Å²) in [6.45, 7) is -1.24. The first-order chi connectivity index (χ1) is 11.5. The van der Waals surface area contributed by atoms with Crippen LogP contribution in [0, 0.1) is 6.92 Å². The van der Waals surface area contributed by atoms with Gasteiger partial charge in [-0.15, -0.1) is 5.10 Å². The van der Waals surface area contributed by atoms with E-state index in [2.05, 4.69) is 14.9 Å². The van der Waals surface area contributed by atoms with Crippen LogP contribution in [-0.4, -0.2) is 32.9 Å². The number of aromatic amines is 1. The van der Waals surface area contributed by atoms with E-state index in [-0.39, 0.29) is 34.6 Å². The fourth-order valence-electron chi connectivity index (χ4n) is 2.32. The number of rotatable bonds is 7. The molecule has 0 bridgehead atoms. The van der Waals surface area contributed by atoms with Crippen molar-refractivity contribution >= 4 is 17.5 Å². The van der Waals surface area contributed by atoms with Gasteiger partial charge in [0.1, 0.15) is 5.75 Å². The Bertz CT molecular complexity index is 815. The number of thioether (sulfide) groups is 1. The van der Waals surface area contributed by atoms with E-state index in [1.165, 1.54) is 16.7 Å². The zero-order chi connectivity index (χ0) is 17.3. The number of benzene rings is 1. The summed E-state index contributed by atoms with van der Waals surface area (Å²) in [6.07, 6.45) is 1.82. The molecule has 3 rings (SSSR count). The van der Waals surface area contributed by atoms with Gasteiger partial charge in [0.25, 0.3) is 0 Å². The Morgan fingerprint density at radius 1 is 1.50 bits per heavy atom. The van der Waals surface area contributed by atoms with Gasteiger partial charge in [0.2, 0.25) is 0 Å². The van der Waals surface area contributed by atoms with Crippen molar-refractivity contribution in [2.75, 3.05) is 5.75 Å². The lowest BCUT2D eigenvalue weighted by atomic mass is 10.1. The molecule has 1 aliphatic rings. The molecule has 1 aromatic carbocycles. The van der Waals surface area contributed by atoms with Crippen molar-refractivity contribution in [2.45, 2.75) is 37.6 Å². The summed E-state index contributed by atoms with van der Waals surface area (Å²) in [6, 6.07) is 4.60. The average Bonchev–Trinajstić information content (AvgIpc) is 3.29. The largest absolute Gasteiger partial charge is 0.434 e. The number of ketones is 1. The fourth-order valence-corrected chi connectivity index (χ4v) is 3.21. The molecule has 0 aliphatic heterocycles. The lowest BCUT2D eigenvalue weighted by Crippen LogP contribution is -2.16. The maximum atomic E-state index is 12.5. The molecule has 1 saturated carbocycles. The number of alkyl halides is 2. The molecular weight excluding hydrogens is 340 g/mol. The standard InChI is InChI=1S/C15H15F2N3O3S/c1-8-2-5-12(23-13(16)17)10(6-8)11(21)7-24-15-19-18-14(22)20(15)9-3-4-9/h2,5-6,9,13H,3-4,7H2,1H3,(H,18,22). The minimum atomic E-state index is -3.00. The number of nitrogens with one attached hydrogen (secondary N) is 1. The molecule has 2 aromatic rings. The van der Waals surface area contributed by atoms with Crippen LogP contribution in [0.3, 0.4) is 0 Å². The van der Waals surface area contributed by atoms with Crippen molar-refractivity contribution < 1.29 is 18.3 Å². The minimum Gasteiger partial charge on any atom is -0.434 e. The van der Waals surface area contributed by atoms with Crippen LogP contribution >= 0.6 is 11.8 Å². The Hall–Kier alpha value is -2.16. The number of H-pyrrole nitrogens is 1. The average molecular weight is 355 g/mol. The fraction of sp³-hybridized carbons (Fsp3) is 0.400. The van der Waals surface area contributed by atoms with Gasteiger partial charge in [-0.05, 0) is 31.9 Å². The highest BCUT2D eigenvalue weighted by atomic mass is 32.2. The second kappa shape index (κ2) is 6.76. The molecular formula is C15H15F2N3O3S. The first-order valence-corrected chi connectivity index (χ1v) is 8.32. The number of halogens is 2. The normalized spacial score (nSPS) is 14.2. The van der Waals surface area contributed by atoms with E-state index in [4.69, 9.17) is 0 Å². The van der Waals surface area contributed by atoms with Gasteiger partial charge < -0.3 is 4.74 Å². The monoisotopic (exact) mass is 355 g/mol. The molecule has 0 saturated heterocycles. The highest BCUT2D eigenvalue weighted by Crippen LogP contribution is 2.36. The molecule has 1 N–H and O–H groups in total. The van der Waals surface area contributed by atoms with Crippen LogP contribution in [0.4, 0.5) is 8.78 Å². The van der Waals surface area contributed by atoms with Crippen molar-refractivity contribution in [1.82, 2.24) is 14.8 Å². The summed E-state index contributed by atoms with van der Waals surface area (Å²) in [5, 5.41) is 6.72.